The first-order valence-corrected chi connectivity index (χ1v) is 9.66. The highest BCUT2D eigenvalue weighted by Gasteiger charge is 2.22. The van der Waals surface area contributed by atoms with E-state index in [-0.39, 0.29) is 11.8 Å². The van der Waals surface area contributed by atoms with Crippen LogP contribution in [-0.4, -0.2) is 66.0 Å². The maximum Gasteiger partial charge on any atom is 0.264 e. The molecule has 0 aromatic carbocycles. The summed E-state index contributed by atoms with van der Waals surface area (Å²) in [5.41, 5.74) is 1.63. The molecule has 3 heterocycles. The number of nitrogens with one attached hydrogen (secondary N) is 1. The fourth-order valence-electron chi connectivity index (χ4n) is 3.06. The molecule has 2 amide bonds. The summed E-state index contributed by atoms with van der Waals surface area (Å²) < 4.78 is 5.08. The molecule has 1 fully saturated rings. The monoisotopic (exact) mass is 376 g/mol. The van der Waals surface area contributed by atoms with Crippen molar-refractivity contribution in [1.82, 2.24) is 20.3 Å². The van der Waals surface area contributed by atoms with Gasteiger partial charge in [-0.15, -0.1) is 11.3 Å². The van der Waals surface area contributed by atoms with Crippen molar-refractivity contribution in [1.29, 1.82) is 0 Å². The number of piperazine rings is 1. The molecule has 0 unspecified atom stereocenters. The van der Waals surface area contributed by atoms with Gasteiger partial charge >= 0.3 is 0 Å². The van der Waals surface area contributed by atoms with Crippen LogP contribution in [0, 0.1) is 13.8 Å². The average Bonchev–Trinajstić information content (AvgIpc) is 3.28. The van der Waals surface area contributed by atoms with E-state index in [0.29, 0.717) is 18.7 Å². The molecule has 26 heavy (non-hydrogen) atoms. The van der Waals surface area contributed by atoms with Crippen molar-refractivity contribution < 1.29 is 14.1 Å². The van der Waals surface area contributed by atoms with E-state index in [1.807, 2.05) is 36.3 Å². The largest absolute Gasteiger partial charge is 0.361 e. The van der Waals surface area contributed by atoms with Crippen molar-refractivity contribution in [3.8, 4) is 0 Å². The molecule has 0 saturated carbocycles. The smallest absolute Gasteiger partial charge is 0.264 e. The molecule has 0 bridgehead atoms. The highest BCUT2D eigenvalue weighted by atomic mass is 32.1. The maximum absolute atomic E-state index is 12.3. The second-order valence-corrected chi connectivity index (χ2v) is 7.39. The van der Waals surface area contributed by atoms with Crippen LogP contribution in [0.15, 0.2) is 22.0 Å². The zero-order valence-corrected chi connectivity index (χ0v) is 16.0. The second kappa shape index (κ2) is 8.46. The summed E-state index contributed by atoms with van der Waals surface area (Å²) in [5, 5.41) is 8.74. The number of carbonyl (C=O) groups excluding carboxylic acids is 2. The summed E-state index contributed by atoms with van der Waals surface area (Å²) in [7, 11) is 0. The van der Waals surface area contributed by atoms with Crippen LogP contribution in [0.5, 0.6) is 0 Å². The van der Waals surface area contributed by atoms with Gasteiger partial charge in [0.05, 0.1) is 17.0 Å². The Bertz CT molecular complexity index is 729. The quantitative estimate of drug-likeness (QED) is 0.826. The minimum atomic E-state index is -0.0223. The molecule has 3 rings (SSSR count). The minimum Gasteiger partial charge on any atom is -0.361 e. The standard InChI is InChI=1S/C18H24N4O3S/c1-13-15(14(2)25-20-13)12-17(23)19-5-6-21-7-9-22(10-8-21)18(24)16-4-3-11-26-16/h3-4,11H,5-10,12H2,1-2H3,(H,19,23). The zero-order chi connectivity index (χ0) is 18.5. The summed E-state index contributed by atoms with van der Waals surface area (Å²) in [4.78, 5) is 29.4. The first-order chi connectivity index (χ1) is 12.5. The summed E-state index contributed by atoms with van der Waals surface area (Å²) in [6.45, 7) is 8.16. The van der Waals surface area contributed by atoms with Gasteiger partial charge in [-0.3, -0.25) is 14.5 Å². The molecule has 7 nitrogen and oxygen atoms in total. The van der Waals surface area contributed by atoms with E-state index in [1.165, 1.54) is 11.3 Å². The third-order valence-corrected chi connectivity index (χ3v) is 5.52. The molecule has 0 spiro atoms. The number of carbonyl (C=O) groups is 2. The number of aryl methyl sites for hydroxylation is 2. The fourth-order valence-corrected chi connectivity index (χ4v) is 3.75. The topological polar surface area (TPSA) is 78.7 Å². The van der Waals surface area contributed by atoms with Crippen molar-refractivity contribution in [3.05, 3.63) is 39.4 Å². The number of hydrogen-bond acceptors (Lipinski definition) is 6. The van der Waals surface area contributed by atoms with E-state index in [1.54, 1.807) is 0 Å². The molecule has 1 saturated heterocycles. The Labute approximate surface area is 156 Å². The van der Waals surface area contributed by atoms with Crippen LogP contribution in [0.2, 0.25) is 0 Å². The molecule has 1 N–H and O–H groups in total. The van der Waals surface area contributed by atoms with Crippen molar-refractivity contribution in [3.63, 3.8) is 0 Å². The fraction of sp³-hybridized carbons (Fsp3) is 0.500. The number of hydrogen-bond donors (Lipinski definition) is 1. The molecule has 1 aliphatic rings. The second-order valence-electron chi connectivity index (χ2n) is 6.44. The lowest BCUT2D eigenvalue weighted by Crippen LogP contribution is -2.50. The predicted octanol–water partition coefficient (Wildman–Crippen LogP) is 1.47. The summed E-state index contributed by atoms with van der Waals surface area (Å²) in [6, 6.07) is 3.77. The normalized spacial score (nSPS) is 15.2. The van der Waals surface area contributed by atoms with Gasteiger partial charge in [0.2, 0.25) is 5.91 Å². The maximum atomic E-state index is 12.3. The van der Waals surface area contributed by atoms with Gasteiger partial charge in [0, 0.05) is 44.8 Å². The molecule has 0 radical (unpaired) electrons. The highest BCUT2D eigenvalue weighted by Crippen LogP contribution is 2.14. The van der Waals surface area contributed by atoms with Gasteiger partial charge in [-0.05, 0) is 25.3 Å². The number of aromatic nitrogens is 1. The Balaban J connectivity index is 1.36. The number of rotatable bonds is 6. The van der Waals surface area contributed by atoms with Crippen LogP contribution in [0.4, 0.5) is 0 Å². The number of thiophene rings is 1. The summed E-state index contributed by atoms with van der Waals surface area (Å²) in [5.74, 6) is 0.794. The van der Waals surface area contributed by atoms with Gasteiger partial charge in [0.15, 0.2) is 0 Å². The SMILES string of the molecule is Cc1noc(C)c1CC(=O)NCCN1CCN(C(=O)c2cccs2)CC1. The average molecular weight is 376 g/mol. The van der Waals surface area contributed by atoms with E-state index >= 15 is 0 Å². The van der Waals surface area contributed by atoms with Crippen LogP contribution >= 0.6 is 11.3 Å². The van der Waals surface area contributed by atoms with Crippen molar-refractivity contribution in [2.24, 2.45) is 0 Å². The van der Waals surface area contributed by atoms with Crippen molar-refractivity contribution in [2.75, 3.05) is 39.3 Å². The van der Waals surface area contributed by atoms with Crippen LogP contribution in [-0.2, 0) is 11.2 Å². The van der Waals surface area contributed by atoms with Gasteiger partial charge in [-0.1, -0.05) is 11.2 Å². The third kappa shape index (κ3) is 4.50. The summed E-state index contributed by atoms with van der Waals surface area (Å²) >= 11 is 1.48. The Morgan fingerprint density at radius 1 is 1.27 bits per heavy atom. The highest BCUT2D eigenvalue weighted by molar-refractivity contribution is 7.12. The Kier molecular flexibility index (Phi) is 6.05. The predicted molar refractivity (Wildman–Crippen MR) is 99.4 cm³/mol. The Morgan fingerprint density at radius 3 is 2.65 bits per heavy atom. The van der Waals surface area contributed by atoms with Gasteiger partial charge in [-0.2, -0.15) is 0 Å². The third-order valence-electron chi connectivity index (χ3n) is 4.66. The first kappa shape index (κ1) is 18.6. The van der Waals surface area contributed by atoms with Crippen molar-refractivity contribution in [2.45, 2.75) is 20.3 Å². The summed E-state index contributed by atoms with van der Waals surface area (Å²) in [6.07, 6.45) is 0.296. The molecular weight excluding hydrogens is 352 g/mol. The molecule has 2 aromatic rings. The van der Waals surface area contributed by atoms with Crippen molar-refractivity contribution >= 4 is 23.2 Å². The zero-order valence-electron chi connectivity index (χ0n) is 15.2. The van der Waals surface area contributed by atoms with E-state index in [9.17, 15) is 9.59 Å². The molecule has 2 aromatic heterocycles. The van der Waals surface area contributed by atoms with E-state index in [2.05, 4.69) is 15.4 Å². The molecule has 1 aliphatic heterocycles. The van der Waals surface area contributed by atoms with Crippen LogP contribution in [0.25, 0.3) is 0 Å². The molecule has 8 heteroatoms. The Hall–Kier alpha value is -2.19. The minimum absolute atomic E-state index is 0.0223. The van der Waals surface area contributed by atoms with Crippen LogP contribution in [0.1, 0.15) is 26.7 Å². The molecule has 0 atom stereocenters. The lowest BCUT2D eigenvalue weighted by atomic mass is 10.1. The first-order valence-electron chi connectivity index (χ1n) is 8.78. The van der Waals surface area contributed by atoms with E-state index in [4.69, 9.17) is 4.52 Å². The number of nitrogens with zero attached hydrogens (tertiary/aromatic N) is 3. The number of amides is 2. The Morgan fingerprint density at radius 2 is 2.04 bits per heavy atom. The molecule has 140 valence electrons. The lowest BCUT2D eigenvalue weighted by molar-refractivity contribution is -0.120. The van der Waals surface area contributed by atoms with Crippen LogP contribution < -0.4 is 5.32 Å². The van der Waals surface area contributed by atoms with Gasteiger partial charge in [-0.25, -0.2) is 0 Å². The van der Waals surface area contributed by atoms with Gasteiger partial charge < -0.3 is 14.7 Å². The van der Waals surface area contributed by atoms with Gasteiger partial charge in [0.25, 0.3) is 5.91 Å². The lowest BCUT2D eigenvalue weighted by Gasteiger charge is -2.34. The molecule has 0 aliphatic carbocycles. The van der Waals surface area contributed by atoms with E-state index in [0.717, 1.165) is 48.9 Å². The van der Waals surface area contributed by atoms with E-state index < -0.39 is 0 Å². The molecular formula is C18H24N4O3S. The van der Waals surface area contributed by atoms with Gasteiger partial charge in [0.1, 0.15) is 5.76 Å². The van der Waals surface area contributed by atoms with Crippen LogP contribution in [0.3, 0.4) is 0 Å².